The zero-order valence-electron chi connectivity index (χ0n) is 31.4. The Labute approximate surface area is 292 Å². The number of benzene rings is 4. The Balaban J connectivity index is 1.85. The molecular formula is C45H51N3O. The summed E-state index contributed by atoms with van der Waals surface area (Å²) < 4.78 is 2.28. The Morgan fingerprint density at radius 3 is 1.78 bits per heavy atom. The third-order valence-corrected chi connectivity index (χ3v) is 9.63. The van der Waals surface area contributed by atoms with Gasteiger partial charge in [0.2, 0.25) is 0 Å². The summed E-state index contributed by atoms with van der Waals surface area (Å²) in [6, 6.07) is 27.6. The predicted octanol–water partition coefficient (Wildman–Crippen LogP) is 11.9. The molecule has 0 radical (unpaired) electrons. The number of para-hydroxylation sites is 1. The Kier molecular flexibility index (Phi) is 8.38. The molecule has 0 saturated heterocycles. The minimum Gasteiger partial charge on any atom is -0.507 e. The van der Waals surface area contributed by atoms with E-state index in [4.69, 9.17) is 9.97 Å². The second kappa shape index (κ2) is 12.0. The normalized spacial score (nSPS) is 12.6. The SMILES string of the molecule is Cc1cc(C)c(-n2c(-c3ccccc3O)nc3c(-c4cc(-c5ccccn5)c(C(C)(C)C)cc4C(C)(C)C)cc(C(C)(C)C)cc32)c(C)c1. The van der Waals surface area contributed by atoms with E-state index in [2.05, 4.69) is 136 Å². The number of aromatic nitrogens is 3. The summed E-state index contributed by atoms with van der Waals surface area (Å²) in [5.41, 5.74) is 15.0. The molecule has 4 nitrogen and oxygen atoms in total. The van der Waals surface area contributed by atoms with Gasteiger partial charge in [-0.2, -0.15) is 0 Å². The highest BCUT2D eigenvalue weighted by Gasteiger charge is 2.30. The number of imidazole rings is 1. The largest absolute Gasteiger partial charge is 0.507 e. The zero-order valence-corrected chi connectivity index (χ0v) is 31.4. The fraction of sp³-hybridized carbons (Fsp3) is 0.333. The van der Waals surface area contributed by atoms with Gasteiger partial charge < -0.3 is 5.11 Å². The number of fused-ring (bicyclic) bond motifs is 1. The van der Waals surface area contributed by atoms with Crippen molar-refractivity contribution in [2.24, 2.45) is 0 Å². The van der Waals surface area contributed by atoms with Crippen LogP contribution in [0.3, 0.4) is 0 Å². The third kappa shape index (κ3) is 6.30. The Hall–Kier alpha value is -4.70. The number of hydrogen-bond donors (Lipinski definition) is 1. The van der Waals surface area contributed by atoms with E-state index < -0.39 is 0 Å². The Morgan fingerprint density at radius 1 is 0.592 bits per heavy atom. The van der Waals surface area contributed by atoms with Crippen molar-refractivity contribution in [3.8, 4) is 45.2 Å². The van der Waals surface area contributed by atoms with Crippen molar-refractivity contribution in [2.45, 2.75) is 99.3 Å². The molecule has 0 atom stereocenters. The van der Waals surface area contributed by atoms with Crippen LogP contribution >= 0.6 is 0 Å². The summed E-state index contributed by atoms with van der Waals surface area (Å²) >= 11 is 0. The van der Waals surface area contributed by atoms with E-state index in [0.29, 0.717) is 5.56 Å². The third-order valence-electron chi connectivity index (χ3n) is 9.63. The van der Waals surface area contributed by atoms with E-state index >= 15 is 0 Å². The fourth-order valence-electron chi connectivity index (χ4n) is 7.21. The molecule has 2 aromatic heterocycles. The first-order chi connectivity index (χ1) is 22.9. The molecule has 0 fully saturated rings. The van der Waals surface area contributed by atoms with Gasteiger partial charge >= 0.3 is 0 Å². The van der Waals surface area contributed by atoms with Crippen molar-refractivity contribution >= 4 is 11.0 Å². The highest BCUT2D eigenvalue weighted by Crippen LogP contribution is 2.46. The maximum Gasteiger partial charge on any atom is 0.149 e. The van der Waals surface area contributed by atoms with E-state index in [0.717, 1.165) is 44.9 Å². The average Bonchev–Trinajstić information content (AvgIpc) is 3.37. The number of aryl methyl sites for hydroxylation is 3. The van der Waals surface area contributed by atoms with Crippen molar-refractivity contribution in [1.82, 2.24) is 14.5 Å². The fourth-order valence-corrected chi connectivity index (χ4v) is 7.21. The van der Waals surface area contributed by atoms with Crippen LogP contribution in [0.5, 0.6) is 5.75 Å². The number of rotatable bonds is 4. The van der Waals surface area contributed by atoms with Gasteiger partial charge in [-0.25, -0.2) is 4.98 Å². The lowest BCUT2D eigenvalue weighted by Gasteiger charge is -2.31. The Bertz CT molecular complexity index is 2180. The van der Waals surface area contributed by atoms with Crippen molar-refractivity contribution in [2.75, 3.05) is 0 Å². The number of hydrogen-bond acceptors (Lipinski definition) is 3. The average molecular weight is 650 g/mol. The van der Waals surface area contributed by atoms with E-state index in [-0.39, 0.29) is 22.0 Å². The molecule has 0 spiro atoms. The van der Waals surface area contributed by atoms with Gasteiger partial charge in [0.1, 0.15) is 11.6 Å². The predicted molar refractivity (Wildman–Crippen MR) is 207 cm³/mol. The molecule has 252 valence electrons. The second-order valence-corrected chi connectivity index (χ2v) is 16.8. The van der Waals surface area contributed by atoms with Gasteiger partial charge in [-0.15, -0.1) is 0 Å². The maximum atomic E-state index is 11.3. The van der Waals surface area contributed by atoms with Crippen molar-refractivity contribution in [1.29, 1.82) is 0 Å². The first-order valence-corrected chi connectivity index (χ1v) is 17.4. The molecule has 0 amide bonds. The highest BCUT2D eigenvalue weighted by molar-refractivity contribution is 5.99. The molecule has 0 bridgehead atoms. The molecule has 4 aromatic carbocycles. The van der Waals surface area contributed by atoms with Crippen LogP contribution in [0.2, 0.25) is 0 Å². The van der Waals surface area contributed by atoms with Gasteiger partial charge in [0.15, 0.2) is 0 Å². The smallest absolute Gasteiger partial charge is 0.149 e. The quantitative estimate of drug-likeness (QED) is 0.207. The van der Waals surface area contributed by atoms with Crippen molar-refractivity contribution in [3.05, 3.63) is 118 Å². The molecule has 0 aliphatic rings. The van der Waals surface area contributed by atoms with Crippen LogP contribution in [0.25, 0.3) is 50.5 Å². The van der Waals surface area contributed by atoms with Gasteiger partial charge in [-0.3, -0.25) is 9.55 Å². The van der Waals surface area contributed by atoms with Crippen molar-refractivity contribution in [3.63, 3.8) is 0 Å². The lowest BCUT2D eigenvalue weighted by molar-refractivity contribution is 0.477. The van der Waals surface area contributed by atoms with Gasteiger partial charge in [0, 0.05) is 17.3 Å². The summed E-state index contributed by atoms with van der Waals surface area (Å²) in [6.45, 7) is 27.1. The van der Waals surface area contributed by atoms with Crippen LogP contribution in [-0.4, -0.2) is 19.6 Å². The maximum absolute atomic E-state index is 11.3. The van der Waals surface area contributed by atoms with Crippen LogP contribution in [0.15, 0.2) is 85.1 Å². The van der Waals surface area contributed by atoms with Crippen LogP contribution in [0.1, 0.15) is 95.7 Å². The molecule has 0 aliphatic carbocycles. The van der Waals surface area contributed by atoms with E-state index in [1.165, 1.54) is 33.4 Å². The topological polar surface area (TPSA) is 50.9 Å². The number of aromatic hydroxyl groups is 1. The monoisotopic (exact) mass is 649 g/mol. The number of pyridine rings is 1. The summed E-state index contributed by atoms with van der Waals surface area (Å²) in [7, 11) is 0. The molecule has 0 unspecified atom stereocenters. The molecule has 2 heterocycles. The second-order valence-electron chi connectivity index (χ2n) is 16.8. The first kappa shape index (κ1) is 34.2. The number of phenols is 1. The van der Waals surface area contributed by atoms with Crippen molar-refractivity contribution < 1.29 is 5.11 Å². The van der Waals surface area contributed by atoms with Gasteiger partial charge in [-0.1, -0.05) is 104 Å². The minimum atomic E-state index is -0.157. The highest BCUT2D eigenvalue weighted by atomic mass is 16.3. The van der Waals surface area contributed by atoms with Crippen LogP contribution in [-0.2, 0) is 16.2 Å². The van der Waals surface area contributed by atoms with Gasteiger partial charge in [-0.05, 0) is 113 Å². The van der Waals surface area contributed by atoms with Crippen LogP contribution in [0.4, 0.5) is 0 Å². The first-order valence-electron chi connectivity index (χ1n) is 17.4. The van der Waals surface area contributed by atoms with Crippen LogP contribution in [0, 0.1) is 20.8 Å². The summed E-state index contributed by atoms with van der Waals surface area (Å²) in [6.07, 6.45) is 1.88. The molecule has 0 saturated carbocycles. The summed E-state index contributed by atoms with van der Waals surface area (Å²) in [5, 5.41) is 11.3. The molecule has 1 N–H and O–H groups in total. The van der Waals surface area contributed by atoms with Gasteiger partial charge in [0.25, 0.3) is 0 Å². The minimum absolute atomic E-state index is 0.103. The lowest BCUT2D eigenvalue weighted by atomic mass is 9.74. The summed E-state index contributed by atoms with van der Waals surface area (Å²) in [4.78, 5) is 10.4. The standard InChI is InChI=1S/C45H51N3O/c1-27-21-28(2)41(29(3)22-27)48-38-24-30(43(4,5)6)23-33(40(38)47-42(48)31-17-13-14-19-39(31)49)32-25-34(37-18-15-16-20-46-37)36(45(10,11)12)26-35(32)44(7,8)9/h13-26,49H,1-12H3. The lowest BCUT2D eigenvalue weighted by Crippen LogP contribution is -2.19. The van der Waals surface area contributed by atoms with Gasteiger partial charge in [0.05, 0.1) is 28.0 Å². The zero-order chi connectivity index (χ0) is 35.6. The Morgan fingerprint density at radius 2 is 1.20 bits per heavy atom. The van der Waals surface area contributed by atoms with E-state index in [1.807, 2.05) is 30.5 Å². The molecule has 0 aliphatic heterocycles. The molecule has 6 aromatic rings. The molecular weight excluding hydrogens is 599 g/mol. The molecule has 49 heavy (non-hydrogen) atoms. The molecule has 6 rings (SSSR count). The number of phenolic OH excluding ortho intramolecular Hbond substituents is 1. The van der Waals surface area contributed by atoms with Crippen LogP contribution < -0.4 is 0 Å². The number of nitrogens with zero attached hydrogens (tertiary/aromatic N) is 3. The van der Waals surface area contributed by atoms with E-state index in [9.17, 15) is 5.11 Å². The molecule has 4 heteroatoms. The van der Waals surface area contributed by atoms with E-state index in [1.54, 1.807) is 6.07 Å². The summed E-state index contributed by atoms with van der Waals surface area (Å²) in [5.74, 6) is 0.936.